The SMILES string of the molecule is CCC(C)n1cc(I)c(C)n1. The van der Waals surface area contributed by atoms with E-state index >= 15 is 0 Å². The van der Waals surface area contributed by atoms with Crippen molar-refractivity contribution in [1.29, 1.82) is 0 Å². The number of nitrogens with zero attached hydrogens (tertiary/aromatic N) is 2. The van der Waals surface area contributed by atoms with Crippen LogP contribution in [0.5, 0.6) is 0 Å². The van der Waals surface area contributed by atoms with Crippen LogP contribution in [0, 0.1) is 10.5 Å². The first kappa shape index (κ1) is 9.03. The zero-order chi connectivity index (χ0) is 8.43. The van der Waals surface area contributed by atoms with E-state index in [1.807, 2.05) is 11.6 Å². The Hall–Kier alpha value is -0.0600. The molecule has 0 N–H and O–H groups in total. The van der Waals surface area contributed by atoms with E-state index in [4.69, 9.17) is 0 Å². The van der Waals surface area contributed by atoms with Crippen molar-refractivity contribution in [3.8, 4) is 0 Å². The molecule has 1 aromatic rings. The largest absolute Gasteiger partial charge is 0.269 e. The summed E-state index contributed by atoms with van der Waals surface area (Å²) < 4.78 is 3.29. The molecule has 0 bridgehead atoms. The second-order valence-corrected chi connectivity index (χ2v) is 3.96. The van der Waals surface area contributed by atoms with E-state index in [0.717, 1.165) is 12.1 Å². The Bertz CT molecular complexity index is 223. The summed E-state index contributed by atoms with van der Waals surface area (Å²) in [7, 11) is 0. The number of hydrogen-bond donors (Lipinski definition) is 0. The van der Waals surface area contributed by atoms with Gasteiger partial charge in [-0.05, 0) is 42.9 Å². The first-order valence-corrected chi connectivity index (χ1v) is 4.94. The summed E-state index contributed by atoms with van der Waals surface area (Å²) >= 11 is 2.31. The van der Waals surface area contributed by atoms with E-state index in [9.17, 15) is 0 Å². The van der Waals surface area contributed by atoms with Crippen LogP contribution in [0.3, 0.4) is 0 Å². The second-order valence-electron chi connectivity index (χ2n) is 2.80. The van der Waals surface area contributed by atoms with Gasteiger partial charge in [-0.15, -0.1) is 0 Å². The van der Waals surface area contributed by atoms with Gasteiger partial charge in [0.05, 0.1) is 9.26 Å². The van der Waals surface area contributed by atoms with Gasteiger partial charge in [-0.2, -0.15) is 5.10 Å². The molecule has 0 aliphatic carbocycles. The quantitative estimate of drug-likeness (QED) is 0.751. The summed E-state index contributed by atoms with van der Waals surface area (Å²) in [5.74, 6) is 0. The molecule has 1 aromatic heterocycles. The molecular weight excluding hydrogens is 251 g/mol. The average Bonchev–Trinajstić information content (AvgIpc) is 2.31. The smallest absolute Gasteiger partial charge is 0.0727 e. The number of halogens is 1. The van der Waals surface area contributed by atoms with Gasteiger partial charge in [-0.25, -0.2) is 0 Å². The lowest BCUT2D eigenvalue weighted by molar-refractivity contribution is 0.475. The number of aromatic nitrogens is 2. The number of hydrogen-bond acceptors (Lipinski definition) is 1. The van der Waals surface area contributed by atoms with E-state index in [1.54, 1.807) is 0 Å². The highest BCUT2D eigenvalue weighted by molar-refractivity contribution is 14.1. The van der Waals surface area contributed by atoms with Gasteiger partial charge in [0.25, 0.3) is 0 Å². The Morgan fingerprint density at radius 1 is 1.73 bits per heavy atom. The van der Waals surface area contributed by atoms with E-state index in [-0.39, 0.29) is 0 Å². The summed E-state index contributed by atoms with van der Waals surface area (Å²) in [5.41, 5.74) is 1.13. The maximum absolute atomic E-state index is 4.39. The molecule has 1 atom stereocenters. The highest BCUT2D eigenvalue weighted by Gasteiger charge is 2.05. The maximum atomic E-state index is 4.39. The lowest BCUT2D eigenvalue weighted by atomic mass is 10.3. The van der Waals surface area contributed by atoms with Crippen molar-refractivity contribution in [3.63, 3.8) is 0 Å². The molecule has 0 radical (unpaired) electrons. The molecule has 1 heterocycles. The van der Waals surface area contributed by atoms with Gasteiger partial charge in [0.1, 0.15) is 0 Å². The fourth-order valence-corrected chi connectivity index (χ4v) is 1.27. The second kappa shape index (κ2) is 3.56. The van der Waals surface area contributed by atoms with Gasteiger partial charge < -0.3 is 0 Å². The van der Waals surface area contributed by atoms with E-state index in [2.05, 4.69) is 47.7 Å². The predicted octanol–water partition coefficient (Wildman–Crippen LogP) is 2.77. The minimum absolute atomic E-state index is 0.525. The molecule has 0 amide bonds. The van der Waals surface area contributed by atoms with Crippen LogP contribution in [0.25, 0.3) is 0 Å². The molecule has 2 nitrogen and oxygen atoms in total. The van der Waals surface area contributed by atoms with Crippen molar-refractivity contribution >= 4 is 22.6 Å². The van der Waals surface area contributed by atoms with Gasteiger partial charge in [0.2, 0.25) is 0 Å². The normalized spacial score (nSPS) is 13.5. The van der Waals surface area contributed by atoms with Gasteiger partial charge in [-0.3, -0.25) is 4.68 Å². The summed E-state index contributed by atoms with van der Waals surface area (Å²) in [6.45, 7) is 6.40. The van der Waals surface area contributed by atoms with Crippen LogP contribution in [0.4, 0.5) is 0 Å². The summed E-state index contributed by atoms with van der Waals surface area (Å²) in [4.78, 5) is 0. The minimum atomic E-state index is 0.525. The van der Waals surface area contributed by atoms with Crippen molar-refractivity contribution in [2.24, 2.45) is 0 Å². The molecular formula is C8H13IN2. The molecule has 0 aromatic carbocycles. The van der Waals surface area contributed by atoms with Gasteiger partial charge in [0.15, 0.2) is 0 Å². The molecule has 62 valence electrons. The predicted molar refractivity (Wildman–Crippen MR) is 54.7 cm³/mol. The van der Waals surface area contributed by atoms with Crippen LogP contribution < -0.4 is 0 Å². The molecule has 1 unspecified atom stereocenters. The van der Waals surface area contributed by atoms with Crippen LogP contribution in [-0.4, -0.2) is 9.78 Å². The molecule has 0 fully saturated rings. The van der Waals surface area contributed by atoms with Crippen LogP contribution in [0.2, 0.25) is 0 Å². The number of rotatable bonds is 2. The molecule has 3 heteroatoms. The Morgan fingerprint density at radius 2 is 2.36 bits per heavy atom. The topological polar surface area (TPSA) is 17.8 Å². The van der Waals surface area contributed by atoms with Crippen molar-refractivity contribution in [2.45, 2.75) is 33.2 Å². The van der Waals surface area contributed by atoms with E-state index in [0.29, 0.717) is 6.04 Å². The van der Waals surface area contributed by atoms with Crippen molar-refractivity contribution < 1.29 is 0 Å². The molecule has 0 spiro atoms. The van der Waals surface area contributed by atoms with Crippen molar-refractivity contribution in [1.82, 2.24) is 9.78 Å². The highest BCUT2D eigenvalue weighted by Crippen LogP contribution is 2.14. The summed E-state index contributed by atoms with van der Waals surface area (Å²) in [5, 5.41) is 4.39. The third-order valence-corrected chi connectivity index (χ3v) is 2.96. The van der Waals surface area contributed by atoms with Gasteiger partial charge >= 0.3 is 0 Å². The minimum Gasteiger partial charge on any atom is -0.269 e. The maximum Gasteiger partial charge on any atom is 0.0727 e. The molecule has 0 saturated heterocycles. The van der Waals surface area contributed by atoms with Crippen molar-refractivity contribution in [3.05, 3.63) is 15.5 Å². The molecule has 0 aliphatic rings. The molecule has 11 heavy (non-hydrogen) atoms. The first-order chi connectivity index (χ1) is 5.15. The summed E-state index contributed by atoms with van der Waals surface area (Å²) in [6.07, 6.45) is 3.24. The fourth-order valence-electron chi connectivity index (χ4n) is 0.872. The standard InChI is InChI=1S/C8H13IN2/c1-4-6(2)11-5-8(9)7(3)10-11/h5-6H,4H2,1-3H3. The number of aryl methyl sites for hydroxylation is 1. The Labute approximate surface area is 81.1 Å². The van der Waals surface area contributed by atoms with E-state index < -0.39 is 0 Å². The first-order valence-electron chi connectivity index (χ1n) is 3.86. The Balaban J connectivity index is 2.88. The van der Waals surface area contributed by atoms with Crippen LogP contribution >= 0.6 is 22.6 Å². The van der Waals surface area contributed by atoms with Crippen molar-refractivity contribution in [2.75, 3.05) is 0 Å². The lowest BCUT2D eigenvalue weighted by Gasteiger charge is -2.07. The average molecular weight is 264 g/mol. The fraction of sp³-hybridized carbons (Fsp3) is 0.625. The van der Waals surface area contributed by atoms with E-state index in [1.165, 1.54) is 3.57 Å². The summed E-state index contributed by atoms with van der Waals surface area (Å²) in [6, 6.07) is 0.525. The highest BCUT2D eigenvalue weighted by atomic mass is 127. The Morgan fingerprint density at radius 3 is 2.73 bits per heavy atom. The zero-order valence-corrected chi connectivity index (χ0v) is 9.29. The monoisotopic (exact) mass is 264 g/mol. The molecule has 0 saturated carbocycles. The zero-order valence-electron chi connectivity index (χ0n) is 7.13. The van der Waals surface area contributed by atoms with Crippen LogP contribution in [0.1, 0.15) is 32.0 Å². The third-order valence-electron chi connectivity index (χ3n) is 1.90. The third kappa shape index (κ3) is 1.95. The van der Waals surface area contributed by atoms with Crippen LogP contribution in [-0.2, 0) is 0 Å². The van der Waals surface area contributed by atoms with Crippen LogP contribution in [0.15, 0.2) is 6.20 Å². The lowest BCUT2D eigenvalue weighted by Crippen LogP contribution is -2.03. The molecule has 1 rings (SSSR count). The molecule has 0 aliphatic heterocycles. The van der Waals surface area contributed by atoms with Gasteiger partial charge in [0, 0.05) is 12.2 Å². The van der Waals surface area contributed by atoms with Gasteiger partial charge in [-0.1, -0.05) is 6.92 Å². The Kier molecular flexibility index (Phi) is 2.92.